The number of nitrogens with one attached hydrogen (secondary N) is 1. The molecular weight excluding hydrogens is 633 g/mol. The molecule has 0 amide bonds. The van der Waals surface area contributed by atoms with Gasteiger partial charge in [-0.05, 0) is 74.1 Å². The van der Waals surface area contributed by atoms with Gasteiger partial charge in [-0.2, -0.15) is 4.72 Å². The summed E-state index contributed by atoms with van der Waals surface area (Å²) in [5, 5.41) is 11.0. The molecule has 13 heteroatoms. The molecule has 6 rings (SSSR count). The van der Waals surface area contributed by atoms with Gasteiger partial charge in [-0.25, -0.2) is 18.4 Å². The zero-order valence-electron chi connectivity index (χ0n) is 23.8. The number of non-ortho nitro benzene ring substituents is 1. The van der Waals surface area contributed by atoms with Crippen LogP contribution in [0.1, 0.15) is 12.5 Å². The Morgan fingerprint density at radius 3 is 2.31 bits per heavy atom. The third kappa shape index (κ3) is 6.76. The number of thioether (sulfide) groups is 1. The topological polar surface area (TPSA) is 141 Å². The van der Waals surface area contributed by atoms with Crippen molar-refractivity contribution < 1.29 is 22.9 Å². The van der Waals surface area contributed by atoms with Gasteiger partial charge in [-0.3, -0.25) is 14.9 Å². The molecular formula is C32H24N4O6S3. The van der Waals surface area contributed by atoms with E-state index in [2.05, 4.69) is 14.7 Å². The van der Waals surface area contributed by atoms with E-state index in [4.69, 9.17) is 4.74 Å². The number of para-hydroxylation sites is 1. The number of aryl methyl sites for hydroxylation is 1. The number of ether oxygens (including phenoxy) is 1. The minimum absolute atomic E-state index is 0.0424. The lowest BCUT2D eigenvalue weighted by molar-refractivity contribution is -0.384. The average Bonchev–Trinajstić information content (AvgIpc) is 3.03. The Morgan fingerprint density at radius 2 is 1.58 bits per heavy atom. The molecule has 0 spiro atoms. The van der Waals surface area contributed by atoms with Crippen molar-refractivity contribution in [1.29, 1.82) is 0 Å². The fourth-order valence-corrected chi connectivity index (χ4v) is 7.45. The Hall–Kier alpha value is -4.56. The summed E-state index contributed by atoms with van der Waals surface area (Å²) in [5.74, 6) is 1.46. The number of sulfonamides is 1. The van der Waals surface area contributed by atoms with Gasteiger partial charge in [0, 0.05) is 23.3 Å². The van der Waals surface area contributed by atoms with Crippen LogP contribution in [0.5, 0.6) is 11.5 Å². The molecule has 4 aromatic carbocycles. The number of carbonyl (C=O) groups excluding carboxylic acids is 1. The maximum absolute atomic E-state index is 13.3. The summed E-state index contributed by atoms with van der Waals surface area (Å²) in [6.07, 6.45) is 0. The number of aromatic nitrogens is 2. The maximum atomic E-state index is 13.3. The molecule has 226 valence electrons. The summed E-state index contributed by atoms with van der Waals surface area (Å²) in [5.41, 5.74) is 2.79. The van der Waals surface area contributed by atoms with E-state index in [-0.39, 0.29) is 15.7 Å². The smallest absolute Gasteiger partial charge is 0.270 e. The van der Waals surface area contributed by atoms with Crippen molar-refractivity contribution in [3.05, 3.63) is 113 Å². The Morgan fingerprint density at radius 1 is 0.889 bits per heavy atom. The largest absolute Gasteiger partial charge is 0.455 e. The van der Waals surface area contributed by atoms with Crippen LogP contribution in [0.3, 0.4) is 0 Å². The molecule has 0 saturated carbocycles. The standard InChI is InChI=1S/C32H24N4O6S3/c1-19-10-13-24(14-11-19)45(40,41)35-20(2)31(37)44-32-33-25(21-6-5-7-23(16-21)36(38)39)18-26(34-32)22-12-15-28-30(17-22)43-29-9-4-3-8-27(29)42-28/h3-18,20,35H,1-2H3. The molecule has 10 nitrogen and oxygen atoms in total. The summed E-state index contributed by atoms with van der Waals surface area (Å²) < 4.78 is 34.3. The monoisotopic (exact) mass is 656 g/mol. The Labute approximate surface area is 267 Å². The number of hydrogen-bond donors (Lipinski definition) is 1. The first kappa shape index (κ1) is 30.5. The maximum Gasteiger partial charge on any atom is 0.270 e. The van der Waals surface area contributed by atoms with E-state index >= 15 is 0 Å². The van der Waals surface area contributed by atoms with Crippen LogP contribution in [0, 0.1) is 17.0 Å². The van der Waals surface area contributed by atoms with Gasteiger partial charge in [0.05, 0.1) is 37.0 Å². The number of rotatable bonds is 8. The molecule has 0 saturated heterocycles. The van der Waals surface area contributed by atoms with E-state index in [1.54, 1.807) is 42.1 Å². The van der Waals surface area contributed by atoms with Gasteiger partial charge < -0.3 is 4.74 Å². The van der Waals surface area contributed by atoms with Gasteiger partial charge in [0.1, 0.15) is 11.5 Å². The number of nitro benzene ring substituents is 1. The second-order valence-electron chi connectivity index (χ2n) is 10.1. The number of hydrogen-bond acceptors (Lipinski definition) is 10. The van der Waals surface area contributed by atoms with Crippen LogP contribution in [-0.4, -0.2) is 34.5 Å². The second kappa shape index (κ2) is 12.4. The van der Waals surface area contributed by atoms with Crippen LogP contribution < -0.4 is 9.46 Å². The average molecular weight is 657 g/mol. The van der Waals surface area contributed by atoms with Crippen molar-refractivity contribution in [2.45, 2.75) is 39.7 Å². The van der Waals surface area contributed by atoms with E-state index in [0.717, 1.165) is 21.1 Å². The molecule has 1 N–H and O–H groups in total. The highest BCUT2D eigenvalue weighted by molar-refractivity contribution is 8.13. The quantitative estimate of drug-likeness (QED) is 0.0769. The Balaban J connectivity index is 1.33. The normalized spacial score (nSPS) is 12.8. The Kier molecular flexibility index (Phi) is 8.42. The van der Waals surface area contributed by atoms with Crippen molar-refractivity contribution in [3.8, 4) is 34.0 Å². The van der Waals surface area contributed by atoms with Crippen LogP contribution in [0.2, 0.25) is 0 Å². The second-order valence-corrected chi connectivity index (χ2v) is 13.9. The van der Waals surface area contributed by atoms with E-state index in [9.17, 15) is 23.3 Å². The lowest BCUT2D eigenvalue weighted by atomic mass is 10.1. The highest BCUT2D eigenvalue weighted by atomic mass is 32.2. The molecule has 5 aromatic rings. The van der Waals surface area contributed by atoms with Crippen molar-refractivity contribution in [2.24, 2.45) is 0 Å². The molecule has 1 unspecified atom stereocenters. The molecule has 0 bridgehead atoms. The highest BCUT2D eigenvalue weighted by Gasteiger charge is 2.25. The lowest BCUT2D eigenvalue weighted by Crippen LogP contribution is -2.37. The molecule has 0 fully saturated rings. The summed E-state index contributed by atoms with van der Waals surface area (Å²) in [7, 11) is -3.96. The first-order valence-electron chi connectivity index (χ1n) is 13.6. The van der Waals surface area contributed by atoms with Gasteiger partial charge in [-0.1, -0.05) is 53.7 Å². The predicted molar refractivity (Wildman–Crippen MR) is 172 cm³/mol. The fourth-order valence-electron chi connectivity index (χ4n) is 4.48. The molecule has 0 aliphatic carbocycles. The molecule has 45 heavy (non-hydrogen) atoms. The minimum Gasteiger partial charge on any atom is -0.455 e. The van der Waals surface area contributed by atoms with Crippen LogP contribution in [0.25, 0.3) is 22.5 Å². The third-order valence-electron chi connectivity index (χ3n) is 6.80. The molecule has 1 atom stereocenters. The van der Waals surface area contributed by atoms with E-state index < -0.39 is 26.1 Å². The van der Waals surface area contributed by atoms with Gasteiger partial charge in [0.25, 0.3) is 5.69 Å². The third-order valence-corrected chi connectivity index (χ3v) is 10.4. The molecule has 1 aliphatic rings. The van der Waals surface area contributed by atoms with E-state index in [0.29, 0.717) is 40.0 Å². The summed E-state index contributed by atoms with van der Waals surface area (Å²) in [6.45, 7) is 3.30. The van der Waals surface area contributed by atoms with Crippen LogP contribution in [0.15, 0.2) is 117 Å². The Bertz CT molecular complexity index is 2070. The van der Waals surface area contributed by atoms with E-state index in [1.165, 1.54) is 31.2 Å². The zero-order chi connectivity index (χ0) is 31.7. The van der Waals surface area contributed by atoms with E-state index in [1.807, 2.05) is 49.4 Å². The number of benzene rings is 4. The number of fused-ring (bicyclic) bond motifs is 2. The molecule has 1 aliphatic heterocycles. The van der Waals surface area contributed by atoms with Gasteiger partial charge in [-0.15, -0.1) is 0 Å². The van der Waals surface area contributed by atoms with Crippen molar-refractivity contribution >= 4 is 44.3 Å². The summed E-state index contributed by atoms with van der Waals surface area (Å²) in [6, 6.07) is 26.2. The lowest BCUT2D eigenvalue weighted by Gasteiger charge is -2.20. The zero-order valence-corrected chi connectivity index (χ0v) is 26.3. The van der Waals surface area contributed by atoms with Crippen LogP contribution in [0.4, 0.5) is 5.69 Å². The summed E-state index contributed by atoms with van der Waals surface area (Å²) >= 11 is 2.24. The van der Waals surface area contributed by atoms with Crippen LogP contribution in [-0.2, 0) is 14.8 Å². The van der Waals surface area contributed by atoms with Crippen molar-refractivity contribution in [2.75, 3.05) is 0 Å². The molecule has 1 aromatic heterocycles. The predicted octanol–water partition coefficient (Wildman–Crippen LogP) is 7.27. The highest BCUT2D eigenvalue weighted by Crippen LogP contribution is 2.48. The van der Waals surface area contributed by atoms with Gasteiger partial charge in [0.15, 0.2) is 5.16 Å². The molecule has 0 radical (unpaired) electrons. The first-order chi connectivity index (χ1) is 21.6. The number of nitro groups is 1. The van der Waals surface area contributed by atoms with Crippen molar-refractivity contribution in [3.63, 3.8) is 0 Å². The minimum atomic E-state index is -3.96. The number of nitrogens with zero attached hydrogens (tertiary/aromatic N) is 3. The molecule has 2 heterocycles. The van der Waals surface area contributed by atoms with Gasteiger partial charge >= 0.3 is 0 Å². The van der Waals surface area contributed by atoms with Crippen molar-refractivity contribution in [1.82, 2.24) is 14.7 Å². The fraction of sp³-hybridized carbons (Fsp3) is 0.0938. The first-order valence-corrected chi connectivity index (χ1v) is 16.7. The number of carbonyl (C=O) groups is 1. The SMILES string of the molecule is Cc1ccc(S(=O)(=O)NC(C)C(=O)Sc2nc(-c3cccc([N+](=O)[O-])c3)cc(-c3ccc4c(c3)Sc3ccccc3O4)n2)cc1. The summed E-state index contributed by atoms with van der Waals surface area (Å²) in [4.78, 5) is 35.3. The van der Waals surface area contributed by atoms with Crippen LogP contribution >= 0.6 is 23.5 Å². The van der Waals surface area contributed by atoms with Gasteiger partial charge in [0.2, 0.25) is 15.1 Å².